The molecule has 0 aliphatic carbocycles. The highest BCUT2D eigenvalue weighted by Gasteiger charge is 2.47. The van der Waals surface area contributed by atoms with Crippen LogP contribution in [0.15, 0.2) is 35.9 Å². The first-order valence-electron chi connectivity index (χ1n) is 8.88. The lowest BCUT2D eigenvalue weighted by molar-refractivity contribution is -0.146. The molecule has 1 atom stereocenters. The first-order valence-corrected chi connectivity index (χ1v) is 8.88. The molecule has 0 bridgehead atoms. The minimum Gasteiger partial charge on any atom is -0.338 e. The molecule has 2 aliphatic heterocycles. The largest absolute Gasteiger partial charge is 0.338 e. The average molecular weight is 330 g/mol. The molecule has 1 aromatic rings. The summed E-state index contributed by atoms with van der Waals surface area (Å²) in [4.78, 5) is 17.5. The van der Waals surface area contributed by atoms with Gasteiger partial charge in [-0.1, -0.05) is 23.8 Å². The van der Waals surface area contributed by atoms with E-state index in [-0.39, 0.29) is 17.1 Å². The van der Waals surface area contributed by atoms with E-state index in [1.807, 2.05) is 4.90 Å². The van der Waals surface area contributed by atoms with Gasteiger partial charge in [-0.05, 0) is 57.4 Å². The zero-order chi connectivity index (χ0) is 17.2. The Bertz CT molecular complexity index is 621. The van der Waals surface area contributed by atoms with Crippen LogP contribution in [-0.4, -0.2) is 41.9 Å². The highest BCUT2D eigenvalue weighted by molar-refractivity contribution is 5.84. The number of benzene rings is 1. The summed E-state index contributed by atoms with van der Waals surface area (Å²) in [5, 5.41) is 0. The van der Waals surface area contributed by atoms with Crippen LogP contribution in [0.25, 0.3) is 0 Å². The molecule has 1 spiro atoms. The van der Waals surface area contributed by atoms with Crippen LogP contribution in [0, 0.1) is 11.2 Å². The number of carbonyl (C=O) groups is 1. The highest BCUT2D eigenvalue weighted by atomic mass is 19.1. The van der Waals surface area contributed by atoms with E-state index in [1.54, 1.807) is 12.1 Å². The molecule has 2 saturated heterocycles. The fraction of sp³-hybridized carbons (Fsp3) is 0.550. The molecule has 2 heterocycles. The topological polar surface area (TPSA) is 23.6 Å². The van der Waals surface area contributed by atoms with Gasteiger partial charge in [0.05, 0.1) is 5.41 Å². The van der Waals surface area contributed by atoms with Crippen molar-refractivity contribution in [1.29, 1.82) is 0 Å². The monoisotopic (exact) mass is 330 g/mol. The number of rotatable bonds is 4. The van der Waals surface area contributed by atoms with Crippen molar-refractivity contribution in [1.82, 2.24) is 9.80 Å². The Balaban J connectivity index is 1.66. The van der Waals surface area contributed by atoms with Crippen molar-refractivity contribution in [2.75, 3.05) is 26.2 Å². The maximum atomic E-state index is 13.1. The number of nitrogens with zero attached hydrogens (tertiary/aromatic N) is 2. The Kier molecular flexibility index (Phi) is 5.04. The number of hydrogen-bond acceptors (Lipinski definition) is 2. The van der Waals surface area contributed by atoms with Crippen molar-refractivity contribution in [2.24, 2.45) is 5.41 Å². The number of piperidine rings is 1. The van der Waals surface area contributed by atoms with Gasteiger partial charge in [0, 0.05) is 26.2 Å². The first-order chi connectivity index (χ1) is 11.5. The quantitative estimate of drug-likeness (QED) is 0.788. The van der Waals surface area contributed by atoms with E-state index >= 15 is 0 Å². The van der Waals surface area contributed by atoms with Crippen molar-refractivity contribution >= 4 is 5.91 Å². The number of likely N-dealkylation sites (tertiary alicyclic amines) is 2. The third-order valence-electron chi connectivity index (χ3n) is 5.30. The Morgan fingerprint density at radius 2 is 1.96 bits per heavy atom. The minimum atomic E-state index is -0.231. The van der Waals surface area contributed by atoms with Crippen LogP contribution in [-0.2, 0) is 11.3 Å². The van der Waals surface area contributed by atoms with E-state index in [4.69, 9.17) is 0 Å². The van der Waals surface area contributed by atoms with Gasteiger partial charge in [-0.2, -0.15) is 0 Å². The van der Waals surface area contributed by atoms with E-state index in [0.29, 0.717) is 6.54 Å². The number of allylic oxidation sites excluding steroid dienone is 1. The lowest BCUT2D eigenvalue weighted by Crippen LogP contribution is -2.49. The number of hydrogen-bond donors (Lipinski definition) is 0. The van der Waals surface area contributed by atoms with Gasteiger partial charge in [0.15, 0.2) is 0 Å². The maximum Gasteiger partial charge on any atom is 0.230 e. The van der Waals surface area contributed by atoms with E-state index < -0.39 is 0 Å². The molecule has 4 heteroatoms. The predicted molar refractivity (Wildman–Crippen MR) is 94.0 cm³/mol. The van der Waals surface area contributed by atoms with E-state index in [2.05, 4.69) is 24.8 Å². The molecule has 3 nitrogen and oxygen atoms in total. The minimum absolute atomic E-state index is 0.201. The Morgan fingerprint density at radius 1 is 1.21 bits per heavy atom. The summed E-state index contributed by atoms with van der Waals surface area (Å²) >= 11 is 0. The van der Waals surface area contributed by atoms with Crippen LogP contribution < -0.4 is 0 Å². The lowest BCUT2D eigenvalue weighted by Gasteiger charge is -2.39. The summed E-state index contributed by atoms with van der Waals surface area (Å²) in [5.74, 6) is 0.0590. The molecule has 0 saturated carbocycles. The van der Waals surface area contributed by atoms with E-state index in [9.17, 15) is 9.18 Å². The normalized spacial score (nSPS) is 24.6. The number of amides is 1. The van der Waals surface area contributed by atoms with Gasteiger partial charge in [-0.3, -0.25) is 9.69 Å². The smallest absolute Gasteiger partial charge is 0.230 e. The third kappa shape index (κ3) is 3.69. The molecule has 3 rings (SSSR count). The van der Waals surface area contributed by atoms with Gasteiger partial charge in [-0.15, -0.1) is 0 Å². The standard InChI is InChI=1S/C20H27FN2O/c1-16(2)8-12-22-13-10-20(15-22)9-3-11-23(19(20)24)14-17-4-6-18(21)7-5-17/h4-8H,3,9-15H2,1-2H3. The van der Waals surface area contributed by atoms with Crippen molar-refractivity contribution in [3.63, 3.8) is 0 Å². The second-order valence-electron chi connectivity index (χ2n) is 7.50. The fourth-order valence-corrected chi connectivity index (χ4v) is 3.92. The number of carbonyl (C=O) groups excluding carboxylic acids is 1. The highest BCUT2D eigenvalue weighted by Crippen LogP contribution is 2.40. The lowest BCUT2D eigenvalue weighted by atomic mass is 9.78. The summed E-state index contributed by atoms with van der Waals surface area (Å²) in [7, 11) is 0. The van der Waals surface area contributed by atoms with Gasteiger partial charge >= 0.3 is 0 Å². The molecule has 0 radical (unpaired) electrons. The Hall–Kier alpha value is -1.68. The van der Waals surface area contributed by atoms with E-state index in [1.165, 1.54) is 17.7 Å². The van der Waals surface area contributed by atoms with Gasteiger partial charge < -0.3 is 4.90 Å². The molecule has 0 aromatic heterocycles. The summed E-state index contributed by atoms with van der Waals surface area (Å²) in [6.07, 6.45) is 5.26. The first kappa shape index (κ1) is 17.2. The molecular formula is C20H27FN2O. The molecule has 1 aromatic carbocycles. The summed E-state index contributed by atoms with van der Waals surface area (Å²) < 4.78 is 13.1. The van der Waals surface area contributed by atoms with E-state index in [0.717, 1.165) is 51.0 Å². The second kappa shape index (κ2) is 7.06. The molecule has 130 valence electrons. The van der Waals surface area contributed by atoms with Crippen LogP contribution in [0.3, 0.4) is 0 Å². The molecular weight excluding hydrogens is 303 g/mol. The molecule has 2 fully saturated rings. The maximum absolute atomic E-state index is 13.1. The Labute approximate surface area is 144 Å². The Morgan fingerprint density at radius 3 is 2.67 bits per heavy atom. The van der Waals surface area contributed by atoms with Crippen molar-refractivity contribution in [3.8, 4) is 0 Å². The van der Waals surface area contributed by atoms with Gasteiger partial charge in [0.2, 0.25) is 5.91 Å². The average Bonchev–Trinajstić information content (AvgIpc) is 2.96. The molecule has 2 aliphatic rings. The predicted octanol–water partition coefficient (Wildman–Crippen LogP) is 3.61. The van der Waals surface area contributed by atoms with Crippen LogP contribution >= 0.6 is 0 Å². The van der Waals surface area contributed by atoms with Crippen molar-refractivity contribution < 1.29 is 9.18 Å². The van der Waals surface area contributed by atoms with Gasteiger partial charge in [-0.25, -0.2) is 4.39 Å². The van der Waals surface area contributed by atoms with Crippen LogP contribution in [0.5, 0.6) is 0 Å². The third-order valence-corrected chi connectivity index (χ3v) is 5.30. The van der Waals surface area contributed by atoms with Crippen LogP contribution in [0.2, 0.25) is 0 Å². The van der Waals surface area contributed by atoms with Crippen LogP contribution in [0.1, 0.15) is 38.7 Å². The number of halogens is 1. The molecule has 24 heavy (non-hydrogen) atoms. The van der Waals surface area contributed by atoms with Crippen LogP contribution in [0.4, 0.5) is 4.39 Å². The fourth-order valence-electron chi connectivity index (χ4n) is 3.92. The molecule has 1 amide bonds. The summed E-state index contributed by atoms with van der Waals surface area (Å²) in [6, 6.07) is 6.49. The van der Waals surface area contributed by atoms with Crippen molar-refractivity contribution in [2.45, 2.75) is 39.7 Å². The summed E-state index contributed by atoms with van der Waals surface area (Å²) in [5.41, 5.74) is 2.12. The second-order valence-corrected chi connectivity index (χ2v) is 7.50. The van der Waals surface area contributed by atoms with Gasteiger partial charge in [0.1, 0.15) is 5.82 Å². The zero-order valence-corrected chi connectivity index (χ0v) is 14.7. The summed E-state index contributed by atoms with van der Waals surface area (Å²) in [6.45, 7) is 8.44. The SMILES string of the molecule is CC(C)=CCN1CCC2(CCCN(Cc3ccc(F)cc3)C2=O)C1. The molecule has 0 N–H and O–H groups in total. The van der Waals surface area contributed by atoms with Gasteiger partial charge in [0.25, 0.3) is 0 Å². The zero-order valence-electron chi connectivity index (χ0n) is 14.7. The molecule has 1 unspecified atom stereocenters. The van der Waals surface area contributed by atoms with Crippen molar-refractivity contribution in [3.05, 3.63) is 47.3 Å².